The Hall–Kier alpha value is -1.93. The third kappa shape index (κ3) is 4.79. The number of nitrogens with zero attached hydrogens (tertiary/aromatic N) is 2. The Morgan fingerprint density at radius 3 is 2.60 bits per heavy atom. The molecular weight excluding hydrogens is 351 g/mol. The fourth-order valence-electron chi connectivity index (χ4n) is 2.31. The van der Waals surface area contributed by atoms with Crippen molar-refractivity contribution in [2.24, 2.45) is 11.1 Å². The summed E-state index contributed by atoms with van der Waals surface area (Å²) in [6.07, 6.45) is -4.42. The van der Waals surface area contributed by atoms with Gasteiger partial charge in [-0.1, -0.05) is 26.0 Å². The van der Waals surface area contributed by atoms with Crippen molar-refractivity contribution in [3.05, 3.63) is 40.9 Å². The molecule has 1 aromatic carbocycles. The third-order valence-corrected chi connectivity index (χ3v) is 4.62. The van der Waals surface area contributed by atoms with Crippen molar-refractivity contribution in [3.8, 4) is 10.6 Å². The monoisotopic (exact) mass is 371 g/mol. The van der Waals surface area contributed by atoms with E-state index in [0.717, 1.165) is 23.5 Å². The predicted molar refractivity (Wildman–Crippen MR) is 92.3 cm³/mol. The number of aromatic nitrogens is 1. The summed E-state index contributed by atoms with van der Waals surface area (Å²) < 4.78 is 38.5. The van der Waals surface area contributed by atoms with E-state index < -0.39 is 11.7 Å². The molecule has 0 radical (unpaired) electrons. The van der Waals surface area contributed by atoms with Gasteiger partial charge in [-0.25, -0.2) is 4.98 Å². The molecule has 136 valence electrons. The maximum atomic E-state index is 12.8. The van der Waals surface area contributed by atoms with Gasteiger partial charge in [0, 0.05) is 24.5 Å². The first kappa shape index (κ1) is 19.4. The number of carbonyl (C=O) groups excluding carboxylic acids is 1. The van der Waals surface area contributed by atoms with Crippen molar-refractivity contribution in [2.75, 3.05) is 20.1 Å². The zero-order valence-electron chi connectivity index (χ0n) is 14.2. The molecule has 0 bridgehead atoms. The van der Waals surface area contributed by atoms with E-state index in [4.69, 9.17) is 5.73 Å². The number of thiazole rings is 1. The number of hydrogen-bond acceptors (Lipinski definition) is 4. The number of alkyl halides is 3. The van der Waals surface area contributed by atoms with Crippen LogP contribution in [0.1, 0.15) is 29.9 Å². The Labute approximate surface area is 148 Å². The lowest BCUT2D eigenvalue weighted by molar-refractivity contribution is -0.137. The zero-order valence-corrected chi connectivity index (χ0v) is 15.0. The normalized spacial score (nSPS) is 12.3. The summed E-state index contributed by atoms with van der Waals surface area (Å²) in [7, 11) is 1.66. The molecule has 0 aliphatic rings. The Morgan fingerprint density at radius 1 is 1.32 bits per heavy atom. The summed E-state index contributed by atoms with van der Waals surface area (Å²) >= 11 is 1.14. The first-order valence-corrected chi connectivity index (χ1v) is 8.50. The average molecular weight is 371 g/mol. The average Bonchev–Trinajstić information content (AvgIpc) is 3.03. The summed E-state index contributed by atoms with van der Waals surface area (Å²) in [5.41, 5.74) is 5.26. The summed E-state index contributed by atoms with van der Waals surface area (Å²) in [6.45, 7) is 4.79. The van der Waals surface area contributed by atoms with Crippen LogP contribution < -0.4 is 5.73 Å². The summed E-state index contributed by atoms with van der Waals surface area (Å²) in [4.78, 5) is 18.2. The van der Waals surface area contributed by atoms with E-state index >= 15 is 0 Å². The van der Waals surface area contributed by atoms with Crippen molar-refractivity contribution in [1.29, 1.82) is 0 Å². The number of hydrogen-bond donors (Lipinski definition) is 1. The van der Waals surface area contributed by atoms with Gasteiger partial charge in [-0.15, -0.1) is 11.3 Å². The lowest BCUT2D eigenvalue weighted by Crippen LogP contribution is -2.39. The third-order valence-electron chi connectivity index (χ3n) is 3.72. The van der Waals surface area contributed by atoms with Crippen molar-refractivity contribution in [1.82, 2.24) is 9.88 Å². The molecule has 25 heavy (non-hydrogen) atoms. The standard InChI is InChI=1S/C17H20F3N3OS/c1-16(2,9-21)10-23(3)15(24)13-8-25-14(22-13)11-5-4-6-12(7-11)17(18,19)20/h4-8H,9-10,21H2,1-3H3. The van der Waals surface area contributed by atoms with E-state index in [9.17, 15) is 18.0 Å². The first-order valence-electron chi connectivity index (χ1n) is 7.62. The molecule has 4 nitrogen and oxygen atoms in total. The number of halogens is 3. The van der Waals surface area contributed by atoms with E-state index in [1.54, 1.807) is 18.5 Å². The highest BCUT2D eigenvalue weighted by Gasteiger charge is 2.30. The second kappa shape index (κ2) is 7.13. The van der Waals surface area contributed by atoms with Gasteiger partial charge < -0.3 is 10.6 Å². The fraction of sp³-hybridized carbons (Fsp3) is 0.412. The van der Waals surface area contributed by atoms with Gasteiger partial charge in [0.05, 0.1) is 5.56 Å². The smallest absolute Gasteiger partial charge is 0.340 e. The molecule has 2 aromatic rings. The quantitative estimate of drug-likeness (QED) is 0.868. The Bertz CT molecular complexity index is 756. The topological polar surface area (TPSA) is 59.2 Å². The highest BCUT2D eigenvalue weighted by Crippen LogP contribution is 2.33. The predicted octanol–water partition coefficient (Wildman–Crippen LogP) is 3.89. The van der Waals surface area contributed by atoms with Crippen LogP contribution in [0.5, 0.6) is 0 Å². The summed E-state index contributed by atoms with van der Waals surface area (Å²) in [6, 6.07) is 4.92. The number of benzene rings is 1. The number of rotatable bonds is 5. The van der Waals surface area contributed by atoms with Gasteiger partial charge in [0.15, 0.2) is 0 Å². The van der Waals surface area contributed by atoms with Crippen molar-refractivity contribution >= 4 is 17.2 Å². The van der Waals surface area contributed by atoms with Crippen LogP contribution >= 0.6 is 11.3 Å². The van der Waals surface area contributed by atoms with Gasteiger partial charge in [0.2, 0.25) is 0 Å². The molecular formula is C17H20F3N3OS. The first-order chi connectivity index (χ1) is 11.5. The SMILES string of the molecule is CN(CC(C)(C)CN)C(=O)c1csc(-c2cccc(C(F)(F)F)c2)n1. The molecule has 2 N–H and O–H groups in total. The van der Waals surface area contributed by atoms with Gasteiger partial charge in [0.25, 0.3) is 5.91 Å². The van der Waals surface area contributed by atoms with Crippen LogP contribution in [0.3, 0.4) is 0 Å². The molecule has 2 rings (SSSR count). The molecule has 0 saturated carbocycles. The van der Waals surface area contributed by atoms with Gasteiger partial charge in [-0.3, -0.25) is 4.79 Å². The van der Waals surface area contributed by atoms with Crippen LogP contribution in [0.4, 0.5) is 13.2 Å². The molecule has 0 fully saturated rings. The van der Waals surface area contributed by atoms with Crippen LogP contribution in [0.2, 0.25) is 0 Å². The van der Waals surface area contributed by atoms with E-state index in [-0.39, 0.29) is 17.0 Å². The molecule has 1 heterocycles. The summed E-state index contributed by atoms with van der Waals surface area (Å²) in [5, 5.41) is 1.94. The van der Waals surface area contributed by atoms with E-state index in [1.165, 1.54) is 11.0 Å². The minimum atomic E-state index is -4.42. The number of nitrogens with two attached hydrogens (primary N) is 1. The molecule has 8 heteroatoms. The van der Waals surface area contributed by atoms with Crippen molar-refractivity contribution in [2.45, 2.75) is 20.0 Å². The molecule has 0 aliphatic heterocycles. The fourth-order valence-corrected chi connectivity index (χ4v) is 3.10. The van der Waals surface area contributed by atoms with Gasteiger partial charge in [0.1, 0.15) is 10.7 Å². The second-order valence-corrected chi connectivity index (χ2v) is 7.50. The van der Waals surface area contributed by atoms with Crippen LogP contribution in [0.25, 0.3) is 10.6 Å². The summed E-state index contributed by atoms with van der Waals surface area (Å²) in [5.74, 6) is -0.281. The highest BCUT2D eigenvalue weighted by atomic mass is 32.1. The molecule has 0 saturated heterocycles. The molecule has 0 spiro atoms. The van der Waals surface area contributed by atoms with Crippen LogP contribution in [-0.4, -0.2) is 35.9 Å². The maximum Gasteiger partial charge on any atom is 0.416 e. The Balaban J connectivity index is 2.21. The van der Waals surface area contributed by atoms with E-state index in [1.807, 2.05) is 13.8 Å². The van der Waals surface area contributed by atoms with Crippen LogP contribution in [0.15, 0.2) is 29.6 Å². The van der Waals surface area contributed by atoms with E-state index in [2.05, 4.69) is 4.98 Å². The lowest BCUT2D eigenvalue weighted by Gasteiger charge is -2.28. The molecule has 0 atom stereocenters. The van der Waals surface area contributed by atoms with Crippen LogP contribution in [0, 0.1) is 5.41 Å². The van der Waals surface area contributed by atoms with Crippen molar-refractivity contribution < 1.29 is 18.0 Å². The molecule has 0 unspecified atom stereocenters. The van der Waals surface area contributed by atoms with Crippen LogP contribution in [-0.2, 0) is 6.18 Å². The lowest BCUT2D eigenvalue weighted by atomic mass is 9.93. The maximum absolute atomic E-state index is 12.8. The Kier molecular flexibility index (Phi) is 5.53. The number of amides is 1. The van der Waals surface area contributed by atoms with Gasteiger partial charge >= 0.3 is 6.18 Å². The van der Waals surface area contributed by atoms with E-state index in [0.29, 0.717) is 23.7 Å². The Morgan fingerprint density at radius 2 is 2.00 bits per heavy atom. The zero-order chi connectivity index (χ0) is 18.8. The van der Waals surface area contributed by atoms with Crippen molar-refractivity contribution in [3.63, 3.8) is 0 Å². The highest BCUT2D eigenvalue weighted by molar-refractivity contribution is 7.13. The van der Waals surface area contributed by atoms with Gasteiger partial charge in [-0.2, -0.15) is 13.2 Å². The minimum absolute atomic E-state index is 0.215. The van der Waals surface area contributed by atoms with Gasteiger partial charge in [-0.05, 0) is 24.1 Å². The molecule has 1 amide bonds. The minimum Gasteiger partial charge on any atom is -0.340 e. The largest absolute Gasteiger partial charge is 0.416 e. The second-order valence-electron chi connectivity index (χ2n) is 6.65. The number of carbonyl (C=O) groups is 1. The molecule has 1 aromatic heterocycles. The molecule has 0 aliphatic carbocycles.